The molecule has 0 saturated carbocycles. The monoisotopic (exact) mass is 859 g/mol. The SMILES string of the molecule is CC(C)(Cc1ccc(NC(=O)CCc2ccc(-c3ccccc3)c(NC(=O)OC3CC[N+](C)(C)CC3)c2)cc1)NC[C@H](O)c1ccc(O)c2[nH]c(=O)ccc12.O=C([O-])C(F)(F)F. The summed E-state index contributed by atoms with van der Waals surface area (Å²) in [5.74, 6) is -3.17. The van der Waals surface area contributed by atoms with Gasteiger partial charge in [-0.2, -0.15) is 13.2 Å². The predicted octanol–water partition coefficient (Wildman–Crippen LogP) is 6.20. The second-order valence-corrected chi connectivity index (χ2v) is 16.6. The van der Waals surface area contributed by atoms with Crippen molar-refractivity contribution in [1.29, 1.82) is 0 Å². The fraction of sp³-hybridized carbons (Fsp3) is 0.348. The van der Waals surface area contributed by atoms with Gasteiger partial charge in [0.2, 0.25) is 11.5 Å². The number of nitrogens with one attached hydrogen (secondary N) is 4. The van der Waals surface area contributed by atoms with E-state index >= 15 is 0 Å². The van der Waals surface area contributed by atoms with Crippen LogP contribution in [0, 0.1) is 0 Å². The number of benzene rings is 4. The number of likely N-dealkylation sites (tertiary alicyclic amines) is 1. The summed E-state index contributed by atoms with van der Waals surface area (Å²) in [7, 11) is 4.38. The number of halogens is 3. The van der Waals surface area contributed by atoms with Gasteiger partial charge in [0, 0.05) is 54.0 Å². The summed E-state index contributed by atoms with van der Waals surface area (Å²) in [6, 6.07) is 29.6. The molecule has 6 N–H and O–H groups in total. The number of pyridine rings is 1. The number of piperidine rings is 1. The number of carboxylic acids is 1. The second-order valence-electron chi connectivity index (χ2n) is 16.6. The Morgan fingerprint density at radius 2 is 1.55 bits per heavy atom. The van der Waals surface area contributed by atoms with E-state index in [0.717, 1.165) is 52.7 Å². The van der Waals surface area contributed by atoms with E-state index in [1.807, 2.05) is 72.8 Å². The summed E-state index contributed by atoms with van der Waals surface area (Å²) in [4.78, 5) is 49.3. The van der Waals surface area contributed by atoms with Crippen LogP contribution in [-0.2, 0) is 27.2 Å². The number of amides is 2. The van der Waals surface area contributed by atoms with Crippen LogP contribution in [-0.4, -0.2) is 89.2 Å². The Balaban J connectivity index is 0.000000955. The van der Waals surface area contributed by atoms with Crippen LogP contribution in [0.3, 0.4) is 0 Å². The van der Waals surface area contributed by atoms with E-state index in [9.17, 15) is 37.8 Å². The van der Waals surface area contributed by atoms with Gasteiger partial charge in [-0.1, -0.05) is 60.7 Å². The summed E-state index contributed by atoms with van der Waals surface area (Å²) >= 11 is 0. The van der Waals surface area contributed by atoms with Gasteiger partial charge in [-0.15, -0.1) is 0 Å². The number of aryl methyl sites for hydroxylation is 1. The molecule has 1 aromatic heterocycles. The Hall–Kier alpha value is -6.23. The number of aromatic nitrogens is 1. The zero-order valence-electron chi connectivity index (χ0n) is 35.0. The van der Waals surface area contributed by atoms with Gasteiger partial charge >= 0.3 is 12.3 Å². The maximum atomic E-state index is 13.0. The Labute approximate surface area is 357 Å². The molecule has 6 rings (SSSR count). The molecule has 0 bridgehead atoms. The average Bonchev–Trinajstić information content (AvgIpc) is 3.21. The highest BCUT2D eigenvalue weighted by Crippen LogP contribution is 2.31. The molecule has 1 fully saturated rings. The van der Waals surface area contributed by atoms with E-state index in [1.54, 1.807) is 12.1 Å². The molecule has 330 valence electrons. The van der Waals surface area contributed by atoms with Crippen LogP contribution in [0.4, 0.5) is 29.3 Å². The molecule has 0 unspecified atom stereocenters. The minimum atomic E-state index is -5.19. The number of carboxylic acid groups (broad SMARTS) is 1. The summed E-state index contributed by atoms with van der Waals surface area (Å²) in [6.07, 6.45) is -3.56. The molecule has 0 spiro atoms. The molecule has 0 radical (unpaired) electrons. The number of carbonyl (C=O) groups is 3. The van der Waals surface area contributed by atoms with E-state index in [0.29, 0.717) is 40.7 Å². The topological polar surface area (TPSA) is 193 Å². The molecule has 1 saturated heterocycles. The van der Waals surface area contributed by atoms with Gasteiger partial charge in [-0.05, 0) is 79.3 Å². The van der Waals surface area contributed by atoms with Gasteiger partial charge in [0.05, 0.1) is 44.5 Å². The smallest absolute Gasteiger partial charge is 0.430 e. The lowest BCUT2D eigenvalue weighted by molar-refractivity contribution is -0.896. The number of anilines is 2. The van der Waals surface area contributed by atoms with E-state index < -0.39 is 24.3 Å². The first-order valence-electron chi connectivity index (χ1n) is 20.1. The van der Waals surface area contributed by atoms with Gasteiger partial charge in [0.25, 0.3) is 0 Å². The number of rotatable bonds is 13. The van der Waals surface area contributed by atoms with Crippen molar-refractivity contribution in [2.24, 2.45) is 0 Å². The Morgan fingerprint density at radius 3 is 2.19 bits per heavy atom. The van der Waals surface area contributed by atoms with E-state index in [-0.39, 0.29) is 41.8 Å². The lowest BCUT2D eigenvalue weighted by Gasteiger charge is -2.36. The molecule has 0 aliphatic carbocycles. The molecule has 2 amide bonds. The normalized spacial score (nSPS) is 14.6. The van der Waals surface area contributed by atoms with Crippen LogP contribution < -0.4 is 26.6 Å². The maximum absolute atomic E-state index is 13.0. The summed E-state index contributed by atoms with van der Waals surface area (Å²) < 4.78 is 38.3. The number of ether oxygens (including phenoxy) is 1. The second kappa shape index (κ2) is 20.1. The molecule has 62 heavy (non-hydrogen) atoms. The Kier molecular flexibility index (Phi) is 15.2. The first kappa shape index (κ1) is 46.8. The quantitative estimate of drug-likeness (QED) is 0.0748. The third kappa shape index (κ3) is 13.6. The first-order chi connectivity index (χ1) is 29.2. The number of β-amino-alcohol motifs (C(OH)–C–C–N with tert-alkyl or cyclic N) is 1. The molecular formula is C46H52F3N5O8. The highest BCUT2D eigenvalue weighted by atomic mass is 19.4. The van der Waals surface area contributed by atoms with Crippen molar-refractivity contribution in [3.63, 3.8) is 0 Å². The lowest BCUT2D eigenvalue weighted by Crippen LogP contribution is -2.48. The van der Waals surface area contributed by atoms with Crippen molar-refractivity contribution in [1.82, 2.24) is 10.3 Å². The molecule has 1 atom stereocenters. The highest BCUT2D eigenvalue weighted by molar-refractivity contribution is 5.93. The highest BCUT2D eigenvalue weighted by Gasteiger charge is 2.30. The number of phenolic OH excluding ortho intramolecular Hbond substituents is 1. The van der Waals surface area contributed by atoms with Crippen molar-refractivity contribution in [2.75, 3.05) is 44.4 Å². The standard InChI is InChI=1S/C44H51N5O6.C2HF3O2/c1-44(2,45-28-39(51)35-17-19-38(50)42-36(35)18-21-41(53)48-42)27-30-10-14-32(15-11-30)46-40(52)20-13-29-12-16-34(31-8-6-5-7-9-31)37(26-29)47-43(54)55-33-22-24-49(3,4)25-23-33;3-2(4,5)1(6)7/h5-12,14-19,21,26,33,39,45,51H,13,20,22-25,27-28H2,1-4H3,(H3-,46,47,48,50,52,53,54);(H,6,7)/t39-;/m0./s1. The van der Waals surface area contributed by atoms with Gasteiger partial charge < -0.3 is 45.0 Å². The predicted molar refractivity (Wildman–Crippen MR) is 228 cm³/mol. The number of aliphatic hydroxyl groups is 1. The molecule has 13 nitrogen and oxygen atoms in total. The van der Waals surface area contributed by atoms with Crippen molar-refractivity contribution in [3.8, 4) is 16.9 Å². The molecule has 2 heterocycles. The number of aliphatic carboxylic acids is 1. The third-order valence-corrected chi connectivity index (χ3v) is 10.6. The number of hydrogen-bond donors (Lipinski definition) is 6. The lowest BCUT2D eigenvalue weighted by atomic mass is 9.94. The van der Waals surface area contributed by atoms with Gasteiger partial charge in [-0.25, -0.2) is 4.79 Å². The van der Waals surface area contributed by atoms with Gasteiger partial charge in [0.1, 0.15) is 17.8 Å². The number of alkyl halides is 3. The number of aliphatic hydroxyl groups excluding tert-OH is 1. The van der Waals surface area contributed by atoms with Crippen LogP contribution >= 0.6 is 0 Å². The number of nitrogens with zero attached hydrogens (tertiary/aromatic N) is 1. The number of aromatic amines is 1. The van der Waals surface area contributed by atoms with Crippen LogP contribution in [0.25, 0.3) is 22.0 Å². The van der Waals surface area contributed by atoms with Crippen LogP contribution in [0.5, 0.6) is 5.75 Å². The number of H-pyrrole nitrogens is 1. The minimum Gasteiger partial charge on any atom is -0.542 e. The Bertz CT molecular complexity index is 2390. The van der Waals surface area contributed by atoms with Crippen LogP contribution in [0.15, 0.2) is 102 Å². The zero-order chi connectivity index (χ0) is 45.2. The van der Waals surface area contributed by atoms with Crippen molar-refractivity contribution in [3.05, 3.63) is 124 Å². The fourth-order valence-electron chi connectivity index (χ4n) is 7.16. The van der Waals surface area contributed by atoms with Crippen molar-refractivity contribution in [2.45, 2.75) is 69.9 Å². The third-order valence-electron chi connectivity index (χ3n) is 10.6. The molecule has 1 aliphatic rings. The molecule has 4 aromatic carbocycles. The molecule has 5 aromatic rings. The van der Waals surface area contributed by atoms with Gasteiger partial charge in [-0.3, -0.25) is 14.9 Å². The Morgan fingerprint density at radius 1 is 0.903 bits per heavy atom. The molecular weight excluding hydrogens is 808 g/mol. The zero-order valence-corrected chi connectivity index (χ0v) is 35.0. The van der Waals surface area contributed by atoms with Crippen LogP contribution in [0.2, 0.25) is 0 Å². The maximum Gasteiger partial charge on any atom is 0.430 e. The molecule has 16 heteroatoms. The summed E-state index contributed by atoms with van der Waals surface area (Å²) in [5, 5.41) is 40.0. The van der Waals surface area contributed by atoms with Gasteiger partial charge in [0.15, 0.2) is 0 Å². The van der Waals surface area contributed by atoms with Crippen molar-refractivity contribution >= 4 is 40.2 Å². The number of hydrogen-bond acceptors (Lipinski definition) is 9. The van der Waals surface area contributed by atoms with E-state index in [4.69, 9.17) is 14.6 Å². The van der Waals surface area contributed by atoms with E-state index in [2.05, 4.69) is 48.9 Å². The summed E-state index contributed by atoms with van der Waals surface area (Å²) in [5.41, 5.74) is 5.38. The average molecular weight is 860 g/mol. The number of phenols is 1. The number of carbonyl (C=O) groups excluding carboxylic acids is 3. The minimum absolute atomic E-state index is 0.0503. The van der Waals surface area contributed by atoms with E-state index in [1.165, 1.54) is 12.1 Å². The number of fused-ring (bicyclic) bond motifs is 1. The fourth-order valence-corrected chi connectivity index (χ4v) is 7.16. The molecule has 1 aliphatic heterocycles. The summed E-state index contributed by atoms with van der Waals surface area (Å²) in [6.45, 7) is 6.29. The largest absolute Gasteiger partial charge is 0.542 e. The first-order valence-corrected chi connectivity index (χ1v) is 20.1. The van der Waals surface area contributed by atoms with Crippen LogP contribution in [0.1, 0.15) is 55.9 Å². The number of quaternary nitrogens is 1. The number of aromatic hydroxyl groups is 1. The van der Waals surface area contributed by atoms with Crippen molar-refractivity contribution < 1.29 is 52.1 Å².